The number of ether oxygens (including phenoxy) is 3. The maximum absolute atomic E-state index is 13.1. The van der Waals surface area contributed by atoms with Crippen molar-refractivity contribution < 1.29 is 48.3 Å². The molecule has 2 aliphatic rings. The highest BCUT2D eigenvalue weighted by Gasteiger charge is 2.81. The van der Waals surface area contributed by atoms with Crippen LogP contribution in [-0.2, 0) is 35.0 Å². The Balaban J connectivity index is 1.52. The number of aliphatic hydroxyl groups is 3. The average Bonchev–Trinajstić information content (AvgIpc) is 3.58. The number of nitrogens with zero attached hydrogens (tertiary/aromatic N) is 2. The molecule has 1 aromatic rings. The second kappa shape index (κ2) is 17.6. The molecule has 0 aliphatic carbocycles. The Morgan fingerprint density at radius 1 is 1.16 bits per heavy atom. The number of carbonyl (C=O) groups excluding carboxylic acids is 3. The molecule has 1 spiro atoms. The van der Waals surface area contributed by atoms with Crippen molar-refractivity contribution in [3.05, 3.63) is 78.1 Å². The molecular weight excluding hydrogens is 658 g/mol. The SMILES string of the molecule is COC[C@H]1OC(=O)[C@@]12N(C)C(=O)[C@H](C)[C@@]2(O)[C@H](C[C@H](C)[C@H](O)/C=C/C=C/CNC(=O)C(C)(C)[C@@H](O)/C(C)=C/C=C/C=C/Cc1cnc(C)o1)OC. The van der Waals surface area contributed by atoms with Gasteiger partial charge < -0.3 is 44.2 Å². The minimum atomic E-state index is -1.94. The van der Waals surface area contributed by atoms with Crippen molar-refractivity contribution in [1.29, 1.82) is 0 Å². The molecule has 4 N–H and O–H groups in total. The van der Waals surface area contributed by atoms with Crippen molar-refractivity contribution in [2.24, 2.45) is 17.3 Å². The third kappa shape index (κ3) is 8.44. The van der Waals surface area contributed by atoms with Gasteiger partial charge in [0.25, 0.3) is 0 Å². The first-order valence-corrected chi connectivity index (χ1v) is 17.1. The molecule has 13 heteroatoms. The van der Waals surface area contributed by atoms with Crippen molar-refractivity contribution in [3.8, 4) is 0 Å². The molecule has 0 unspecified atom stereocenters. The van der Waals surface area contributed by atoms with Gasteiger partial charge in [0.1, 0.15) is 11.4 Å². The first-order valence-electron chi connectivity index (χ1n) is 17.1. The fraction of sp³-hybridized carbons (Fsp3) is 0.579. The number of hydrogen-bond donors (Lipinski definition) is 4. The zero-order valence-corrected chi connectivity index (χ0v) is 31.2. The zero-order chi connectivity index (χ0) is 38.1. The van der Waals surface area contributed by atoms with E-state index < -0.39 is 64.7 Å². The smallest absolute Gasteiger partial charge is 0.339 e. The Morgan fingerprint density at radius 3 is 2.45 bits per heavy atom. The molecule has 282 valence electrons. The minimum absolute atomic E-state index is 0.0139. The van der Waals surface area contributed by atoms with Gasteiger partial charge in [-0.05, 0) is 38.7 Å². The number of cyclic esters (lactones) is 1. The summed E-state index contributed by atoms with van der Waals surface area (Å²) in [5, 5.41) is 36.8. The number of aromatic nitrogens is 1. The Hall–Kier alpha value is -3.88. The van der Waals surface area contributed by atoms with Gasteiger partial charge in [0.05, 0.1) is 42.4 Å². The zero-order valence-electron chi connectivity index (χ0n) is 31.2. The van der Waals surface area contributed by atoms with Crippen molar-refractivity contribution in [1.82, 2.24) is 15.2 Å². The largest absolute Gasteiger partial charge is 0.455 e. The number of aliphatic hydroxyl groups excluding tert-OH is 2. The van der Waals surface area contributed by atoms with Crippen molar-refractivity contribution in [2.75, 3.05) is 34.4 Å². The Labute approximate surface area is 300 Å². The fourth-order valence-electron chi connectivity index (χ4n) is 6.88. The summed E-state index contributed by atoms with van der Waals surface area (Å²) in [6.45, 7) is 10.4. The summed E-state index contributed by atoms with van der Waals surface area (Å²) in [7, 11) is 4.30. The van der Waals surface area contributed by atoms with Crippen LogP contribution in [0.4, 0.5) is 0 Å². The fourth-order valence-corrected chi connectivity index (χ4v) is 6.88. The van der Waals surface area contributed by atoms with Crippen LogP contribution in [0, 0.1) is 24.2 Å². The van der Waals surface area contributed by atoms with Gasteiger partial charge in [-0.1, -0.05) is 68.5 Å². The van der Waals surface area contributed by atoms with Gasteiger partial charge in [-0.15, -0.1) is 0 Å². The summed E-state index contributed by atoms with van der Waals surface area (Å²) in [4.78, 5) is 44.3. The van der Waals surface area contributed by atoms with Crippen LogP contribution in [0.2, 0.25) is 0 Å². The molecule has 8 atom stereocenters. The van der Waals surface area contributed by atoms with Crippen LogP contribution in [0.25, 0.3) is 0 Å². The number of likely N-dealkylation sites (tertiary alicyclic amines) is 1. The standard InChI is InChI=1S/C38H55N3O10/c1-24(17-13-10-11-14-18-28-22-40-27(4)50-28)32(43)36(5,6)34(45)39-20-16-12-15-19-29(42)25(2)21-30(49-9)38(47)26(3)33(44)41(7)37(38)31(23-48-8)51-35(37)46/h10-17,19,22,25-26,29-32,42-43,47H,18,20-21,23H2,1-9H3,(H,39,45)/b13-10+,14-11+,16-12+,19-15+,24-17+/t25-,26-,29+,30-,31+,32-,37-,38+/m0/s1. The predicted octanol–water partition coefficient (Wildman–Crippen LogP) is 2.75. The van der Waals surface area contributed by atoms with E-state index in [1.54, 1.807) is 84.2 Å². The molecule has 2 fully saturated rings. The summed E-state index contributed by atoms with van der Waals surface area (Å²) in [5.41, 5.74) is -4.08. The molecule has 0 saturated carbocycles. The van der Waals surface area contributed by atoms with Crippen LogP contribution < -0.4 is 5.32 Å². The van der Waals surface area contributed by atoms with E-state index >= 15 is 0 Å². The van der Waals surface area contributed by atoms with Crippen LogP contribution in [0.5, 0.6) is 0 Å². The second-order valence-electron chi connectivity index (χ2n) is 13.9. The van der Waals surface area contributed by atoms with Crippen molar-refractivity contribution >= 4 is 17.8 Å². The average molecular weight is 714 g/mol. The monoisotopic (exact) mass is 713 g/mol. The number of allylic oxidation sites excluding steroid dienone is 7. The Kier molecular flexibility index (Phi) is 14.3. The molecule has 51 heavy (non-hydrogen) atoms. The van der Waals surface area contributed by atoms with Crippen LogP contribution in [0.3, 0.4) is 0 Å². The third-order valence-corrected chi connectivity index (χ3v) is 10.1. The molecule has 0 radical (unpaired) electrons. The van der Waals surface area contributed by atoms with Gasteiger partial charge in [-0.3, -0.25) is 9.59 Å². The first kappa shape index (κ1) is 41.5. The van der Waals surface area contributed by atoms with Gasteiger partial charge in [0.15, 0.2) is 12.0 Å². The normalized spacial score (nSPS) is 26.8. The molecule has 2 aliphatic heterocycles. The first-order chi connectivity index (χ1) is 24.0. The van der Waals surface area contributed by atoms with Crippen molar-refractivity contribution in [3.63, 3.8) is 0 Å². The number of amides is 2. The number of carbonyl (C=O) groups is 3. The summed E-state index contributed by atoms with van der Waals surface area (Å²) in [5.74, 6) is -1.50. The molecule has 0 bridgehead atoms. The lowest BCUT2D eigenvalue weighted by molar-refractivity contribution is -0.264. The lowest BCUT2D eigenvalue weighted by Crippen LogP contribution is -2.81. The molecule has 0 aromatic carbocycles. The predicted molar refractivity (Wildman–Crippen MR) is 190 cm³/mol. The molecule has 3 rings (SSSR count). The Morgan fingerprint density at radius 2 is 1.84 bits per heavy atom. The van der Waals surface area contributed by atoms with Crippen LogP contribution in [0.15, 0.2) is 70.9 Å². The van der Waals surface area contributed by atoms with E-state index in [2.05, 4.69) is 10.3 Å². The molecular formula is C38H55N3O10. The summed E-state index contributed by atoms with van der Waals surface area (Å²) in [6.07, 6.45) is 14.4. The Bertz CT molecular complexity index is 1530. The van der Waals surface area contributed by atoms with E-state index in [0.717, 1.165) is 5.76 Å². The number of aryl methyl sites for hydroxylation is 1. The molecule has 2 saturated heterocycles. The quantitative estimate of drug-likeness (QED) is 0.130. The number of esters is 1. The molecule has 2 amide bonds. The summed E-state index contributed by atoms with van der Waals surface area (Å²) < 4.78 is 21.7. The highest BCUT2D eigenvalue weighted by Crippen LogP contribution is 2.54. The molecule has 1 aromatic heterocycles. The maximum Gasteiger partial charge on any atom is 0.339 e. The lowest BCUT2D eigenvalue weighted by atomic mass is 9.65. The van der Waals surface area contributed by atoms with Gasteiger partial charge in [0, 0.05) is 41.2 Å². The minimum Gasteiger partial charge on any atom is -0.455 e. The van der Waals surface area contributed by atoms with E-state index in [1.807, 2.05) is 18.2 Å². The van der Waals surface area contributed by atoms with Crippen molar-refractivity contribution in [2.45, 2.75) is 89.9 Å². The van der Waals surface area contributed by atoms with Crippen LogP contribution in [-0.4, -0.2) is 113 Å². The number of rotatable bonds is 18. The van der Waals surface area contributed by atoms with E-state index in [1.165, 1.54) is 26.2 Å². The van der Waals surface area contributed by atoms with Gasteiger partial charge in [-0.2, -0.15) is 0 Å². The highest BCUT2D eigenvalue weighted by molar-refractivity contribution is 6.00. The maximum atomic E-state index is 13.1. The number of likely N-dealkylation sites (N-methyl/N-ethyl adjacent to an activating group) is 1. The summed E-state index contributed by atoms with van der Waals surface area (Å²) >= 11 is 0. The topological polar surface area (TPSA) is 181 Å². The van der Waals surface area contributed by atoms with Gasteiger partial charge >= 0.3 is 5.97 Å². The van der Waals surface area contributed by atoms with E-state index in [0.29, 0.717) is 17.9 Å². The van der Waals surface area contributed by atoms with Crippen LogP contribution in [0.1, 0.15) is 52.7 Å². The molecule has 3 heterocycles. The number of hydrogen-bond acceptors (Lipinski definition) is 11. The van der Waals surface area contributed by atoms with E-state index in [9.17, 15) is 29.7 Å². The van der Waals surface area contributed by atoms with E-state index in [4.69, 9.17) is 18.6 Å². The van der Waals surface area contributed by atoms with Gasteiger partial charge in [0.2, 0.25) is 17.4 Å². The summed E-state index contributed by atoms with van der Waals surface area (Å²) in [6, 6.07) is 0. The number of nitrogens with one attached hydrogen (secondary N) is 1. The number of methoxy groups -OCH3 is 2. The third-order valence-electron chi connectivity index (χ3n) is 10.1. The van der Waals surface area contributed by atoms with E-state index in [-0.39, 0.29) is 25.5 Å². The second-order valence-corrected chi connectivity index (χ2v) is 13.9. The molecule has 13 nitrogen and oxygen atoms in total. The highest BCUT2D eigenvalue weighted by atomic mass is 16.6. The van der Waals surface area contributed by atoms with Gasteiger partial charge in [-0.25, -0.2) is 9.78 Å². The van der Waals surface area contributed by atoms with Crippen LogP contribution >= 0.6 is 0 Å². The number of oxazole rings is 1. The lowest BCUT2D eigenvalue weighted by Gasteiger charge is -2.56.